The van der Waals surface area contributed by atoms with Gasteiger partial charge in [0, 0.05) is 37.8 Å². The molecule has 2 fully saturated rings. The van der Waals surface area contributed by atoms with E-state index in [-0.39, 0.29) is 69.2 Å². The van der Waals surface area contributed by atoms with Gasteiger partial charge in [-0.05, 0) is 56.4 Å². The predicted octanol–water partition coefficient (Wildman–Crippen LogP) is 4.42. The molecule has 9 nitrogen and oxygen atoms in total. The Morgan fingerprint density at radius 2 is 1.81 bits per heavy atom. The van der Waals surface area contributed by atoms with Crippen molar-refractivity contribution in [3.8, 4) is 11.6 Å². The summed E-state index contributed by atoms with van der Waals surface area (Å²) < 4.78 is 35.7. The Bertz CT molecular complexity index is 1510. The second kappa shape index (κ2) is 11.7. The maximum Gasteiger partial charge on any atom is 0.280 e. The minimum atomic E-state index is -2.82. The average molecular weight is 597 g/mol. The van der Waals surface area contributed by atoms with E-state index in [0.717, 1.165) is 5.56 Å². The number of hydrogen-bond acceptors (Lipinski definition) is 7. The number of nitrogens with two attached hydrogens (primary N) is 1. The van der Waals surface area contributed by atoms with Crippen molar-refractivity contribution in [1.82, 2.24) is 14.5 Å². The average Bonchev–Trinajstić information content (AvgIpc) is 2.97. The molecule has 0 spiro atoms. The van der Waals surface area contributed by atoms with Crippen LogP contribution in [0.3, 0.4) is 0 Å². The van der Waals surface area contributed by atoms with E-state index in [0.29, 0.717) is 11.3 Å². The minimum Gasteiger partial charge on any atom is -0.437 e. The van der Waals surface area contributed by atoms with Gasteiger partial charge < -0.3 is 25.6 Å². The monoisotopic (exact) mass is 596 g/mol. The standard InChI is InChI=1S/C32H38F2N4O5/c1-30(2,41)22-9-6-10-23(17-22)43-27-26(35)29(40)38(20-36-27)19-31(42)13-15-37(16-14-31)28(39)24-11-12-32(33,34)18-25(24)21-7-4-3-5-8-21/h3-10,17,20,24-25,41-42H,11-16,18-19,35H2,1-2H3/t24-,25+/m1/s1. The van der Waals surface area contributed by atoms with Gasteiger partial charge in [-0.15, -0.1) is 0 Å². The lowest BCUT2D eigenvalue weighted by molar-refractivity contribution is -0.145. The molecule has 5 rings (SSSR count). The molecule has 4 N–H and O–H groups in total. The van der Waals surface area contributed by atoms with E-state index in [9.17, 15) is 28.6 Å². The van der Waals surface area contributed by atoms with Gasteiger partial charge in [-0.25, -0.2) is 13.8 Å². The van der Waals surface area contributed by atoms with Gasteiger partial charge in [0.1, 0.15) is 12.1 Å². The van der Waals surface area contributed by atoms with Crippen LogP contribution in [0.15, 0.2) is 65.7 Å². The Morgan fingerprint density at radius 3 is 2.49 bits per heavy atom. The van der Waals surface area contributed by atoms with E-state index in [1.807, 2.05) is 6.07 Å². The summed E-state index contributed by atoms with van der Waals surface area (Å²) in [5.41, 5.74) is 4.22. The van der Waals surface area contributed by atoms with E-state index in [1.165, 1.54) is 10.9 Å². The van der Waals surface area contributed by atoms with Crippen molar-refractivity contribution >= 4 is 11.6 Å². The molecule has 2 atom stereocenters. The fraction of sp³-hybridized carbons (Fsp3) is 0.469. The molecule has 1 aromatic heterocycles. The summed E-state index contributed by atoms with van der Waals surface area (Å²) in [5, 5.41) is 21.6. The van der Waals surface area contributed by atoms with Crippen molar-refractivity contribution in [2.45, 2.75) is 75.5 Å². The molecule has 0 bridgehead atoms. The van der Waals surface area contributed by atoms with E-state index in [4.69, 9.17) is 10.5 Å². The van der Waals surface area contributed by atoms with Gasteiger partial charge in [0.15, 0.2) is 5.69 Å². The van der Waals surface area contributed by atoms with Crippen molar-refractivity contribution in [3.63, 3.8) is 0 Å². The molecule has 1 amide bonds. The van der Waals surface area contributed by atoms with Crippen LogP contribution in [0.25, 0.3) is 0 Å². The number of alkyl halides is 2. The number of ether oxygens (including phenoxy) is 1. The number of aliphatic hydroxyl groups is 2. The minimum absolute atomic E-state index is 0.0815. The number of carbonyl (C=O) groups is 1. The number of likely N-dealkylation sites (tertiary alicyclic amines) is 1. The second-order valence-corrected chi connectivity index (χ2v) is 12.4. The third kappa shape index (κ3) is 6.88. The first-order valence-electron chi connectivity index (χ1n) is 14.5. The van der Waals surface area contributed by atoms with Gasteiger partial charge in [0.2, 0.25) is 17.7 Å². The fourth-order valence-corrected chi connectivity index (χ4v) is 6.07. The third-order valence-corrected chi connectivity index (χ3v) is 8.63. The normalized spacial score (nSPS) is 21.8. The number of hydrogen-bond donors (Lipinski definition) is 3. The van der Waals surface area contributed by atoms with Gasteiger partial charge in [-0.1, -0.05) is 42.5 Å². The first-order valence-corrected chi connectivity index (χ1v) is 14.5. The van der Waals surface area contributed by atoms with Crippen molar-refractivity contribution in [2.75, 3.05) is 18.8 Å². The molecule has 2 heterocycles. The van der Waals surface area contributed by atoms with Crippen LogP contribution in [0.4, 0.5) is 14.5 Å². The zero-order valence-electron chi connectivity index (χ0n) is 24.4. The fourth-order valence-electron chi connectivity index (χ4n) is 6.07. The lowest BCUT2D eigenvalue weighted by Gasteiger charge is -2.42. The highest BCUT2D eigenvalue weighted by molar-refractivity contribution is 5.80. The topological polar surface area (TPSA) is 131 Å². The van der Waals surface area contributed by atoms with Gasteiger partial charge in [-0.2, -0.15) is 0 Å². The Labute approximate surface area is 248 Å². The van der Waals surface area contributed by atoms with E-state index >= 15 is 0 Å². The molecule has 1 saturated carbocycles. The molecular weight excluding hydrogens is 558 g/mol. The summed E-state index contributed by atoms with van der Waals surface area (Å²) in [6.07, 6.45) is 1.07. The molecule has 1 aliphatic heterocycles. The maximum atomic E-state index is 14.4. The predicted molar refractivity (Wildman–Crippen MR) is 157 cm³/mol. The van der Waals surface area contributed by atoms with Gasteiger partial charge in [0.25, 0.3) is 5.56 Å². The summed E-state index contributed by atoms with van der Waals surface area (Å²) in [5.74, 6) is -3.87. The molecule has 11 heteroatoms. The maximum absolute atomic E-state index is 14.4. The molecule has 2 aromatic carbocycles. The Hall–Kier alpha value is -3.83. The largest absolute Gasteiger partial charge is 0.437 e. The molecule has 1 aliphatic carbocycles. The second-order valence-electron chi connectivity index (χ2n) is 12.4. The van der Waals surface area contributed by atoms with E-state index < -0.39 is 34.5 Å². The number of nitrogen functional groups attached to an aromatic ring is 1. The summed E-state index contributed by atoms with van der Waals surface area (Å²) in [6.45, 7) is 3.68. The van der Waals surface area contributed by atoms with Crippen LogP contribution in [0.5, 0.6) is 11.6 Å². The Kier molecular flexibility index (Phi) is 8.32. The molecule has 230 valence electrons. The van der Waals surface area contributed by atoms with Crippen LogP contribution < -0.4 is 16.0 Å². The van der Waals surface area contributed by atoms with Crippen molar-refractivity contribution < 1.29 is 28.5 Å². The summed E-state index contributed by atoms with van der Waals surface area (Å²) in [7, 11) is 0. The highest BCUT2D eigenvalue weighted by Gasteiger charge is 2.46. The smallest absolute Gasteiger partial charge is 0.280 e. The quantitative estimate of drug-likeness (QED) is 0.368. The lowest BCUT2D eigenvalue weighted by atomic mass is 9.73. The van der Waals surface area contributed by atoms with Gasteiger partial charge >= 0.3 is 0 Å². The van der Waals surface area contributed by atoms with E-state index in [2.05, 4.69) is 4.98 Å². The number of amides is 1. The van der Waals surface area contributed by atoms with Gasteiger partial charge in [-0.3, -0.25) is 14.2 Å². The number of piperidine rings is 1. The zero-order chi connectivity index (χ0) is 31.0. The van der Waals surface area contributed by atoms with Gasteiger partial charge in [0.05, 0.1) is 17.7 Å². The molecule has 3 aromatic rings. The van der Waals surface area contributed by atoms with Crippen LogP contribution in [-0.4, -0.2) is 55.2 Å². The highest BCUT2D eigenvalue weighted by atomic mass is 19.3. The number of halogens is 2. The number of aromatic nitrogens is 2. The van der Waals surface area contributed by atoms with E-state index in [1.54, 1.807) is 67.3 Å². The highest BCUT2D eigenvalue weighted by Crippen LogP contribution is 2.46. The number of rotatable bonds is 7. The van der Waals surface area contributed by atoms with Crippen LogP contribution in [0.2, 0.25) is 0 Å². The molecular formula is C32H38F2N4O5. The van der Waals surface area contributed by atoms with Crippen molar-refractivity contribution in [1.29, 1.82) is 0 Å². The lowest BCUT2D eigenvalue weighted by Crippen LogP contribution is -2.52. The summed E-state index contributed by atoms with van der Waals surface area (Å²) >= 11 is 0. The first-order chi connectivity index (χ1) is 20.2. The molecule has 0 unspecified atom stereocenters. The van der Waals surface area contributed by atoms with Crippen molar-refractivity contribution in [2.24, 2.45) is 5.92 Å². The third-order valence-electron chi connectivity index (χ3n) is 8.63. The molecule has 43 heavy (non-hydrogen) atoms. The SMILES string of the molecule is CC(C)(O)c1cccc(Oc2ncn(CC3(O)CCN(C(=O)[C@@H]4CCC(F)(F)C[C@H]4c4ccccc4)CC3)c(=O)c2N)c1. The van der Waals surface area contributed by atoms with Crippen LogP contribution in [-0.2, 0) is 16.9 Å². The Balaban J connectivity index is 1.24. The molecule has 0 radical (unpaired) electrons. The first kappa shape index (κ1) is 30.6. The van der Waals surface area contributed by atoms with Crippen molar-refractivity contribution in [3.05, 3.63) is 82.4 Å². The Morgan fingerprint density at radius 1 is 1.12 bits per heavy atom. The summed E-state index contributed by atoms with van der Waals surface area (Å²) in [4.78, 5) is 32.5. The molecule has 2 aliphatic rings. The number of nitrogens with zero attached hydrogens (tertiary/aromatic N) is 3. The summed E-state index contributed by atoms with van der Waals surface area (Å²) in [6, 6.07) is 15.7. The molecule has 1 saturated heterocycles. The zero-order valence-corrected chi connectivity index (χ0v) is 24.4. The number of anilines is 1. The number of benzene rings is 2. The number of carbonyl (C=O) groups excluding carboxylic acids is 1. The van der Waals surface area contributed by atoms with Crippen LogP contribution in [0.1, 0.15) is 63.0 Å². The van der Waals surface area contributed by atoms with Crippen LogP contribution >= 0.6 is 0 Å². The van der Waals surface area contributed by atoms with Crippen LogP contribution in [0, 0.1) is 5.92 Å².